The van der Waals surface area contributed by atoms with Gasteiger partial charge in [-0.2, -0.15) is 0 Å². The molecule has 170 valence electrons. The molecule has 0 heterocycles. The number of benzene rings is 2. The van der Waals surface area contributed by atoms with Gasteiger partial charge >= 0.3 is 0 Å². The summed E-state index contributed by atoms with van der Waals surface area (Å²) in [6.45, 7) is 2.00. The fraction of sp³-hybridized carbons (Fsp3) is 0.462. The van der Waals surface area contributed by atoms with Crippen LogP contribution in [0.1, 0.15) is 43.2 Å². The maximum atomic E-state index is 12.4. The Morgan fingerprint density at radius 3 is 2.09 bits per heavy atom. The van der Waals surface area contributed by atoms with Crippen LogP contribution in [0.2, 0.25) is 0 Å². The number of methoxy groups -OCH3 is 2. The summed E-state index contributed by atoms with van der Waals surface area (Å²) in [5, 5.41) is 0. The van der Waals surface area contributed by atoms with Crippen LogP contribution in [0.3, 0.4) is 0 Å². The molecule has 4 saturated carbocycles. The minimum Gasteiger partial charge on any atom is -0.497 e. The SMILES string of the molecule is COC(=C1C2CC3CC(C2)CC1C3)c1cc(OC)cc(N(c2ccc(C)cc2)S(=O)O)c1. The van der Waals surface area contributed by atoms with E-state index in [-0.39, 0.29) is 0 Å². The van der Waals surface area contributed by atoms with Gasteiger partial charge in [-0.3, -0.25) is 4.55 Å². The van der Waals surface area contributed by atoms with E-state index in [2.05, 4.69) is 0 Å². The number of rotatable bonds is 6. The van der Waals surface area contributed by atoms with Crippen LogP contribution in [0, 0.1) is 30.6 Å². The average Bonchev–Trinajstić information content (AvgIpc) is 2.76. The lowest BCUT2D eigenvalue weighted by atomic mass is 9.54. The number of ether oxygens (including phenoxy) is 2. The average molecular weight is 454 g/mol. The Balaban J connectivity index is 1.61. The van der Waals surface area contributed by atoms with E-state index in [4.69, 9.17) is 9.47 Å². The van der Waals surface area contributed by atoms with Crippen LogP contribution in [-0.4, -0.2) is 23.0 Å². The third kappa shape index (κ3) is 3.84. The first-order chi connectivity index (χ1) is 15.5. The molecule has 0 aliphatic heterocycles. The smallest absolute Gasteiger partial charge is 0.266 e. The van der Waals surface area contributed by atoms with Crippen molar-refractivity contribution in [3.63, 3.8) is 0 Å². The lowest BCUT2D eigenvalue weighted by Gasteiger charge is -2.51. The molecule has 1 N–H and O–H groups in total. The monoisotopic (exact) mass is 453 g/mol. The molecule has 0 radical (unpaired) electrons. The summed E-state index contributed by atoms with van der Waals surface area (Å²) in [6.07, 6.45) is 6.47. The van der Waals surface area contributed by atoms with Gasteiger partial charge in [-0.05, 0) is 92.5 Å². The van der Waals surface area contributed by atoms with Crippen LogP contribution in [0.15, 0.2) is 48.0 Å². The molecule has 32 heavy (non-hydrogen) atoms. The maximum Gasteiger partial charge on any atom is 0.266 e. The Hall–Kier alpha value is -2.31. The van der Waals surface area contributed by atoms with Crippen LogP contribution in [-0.2, 0) is 16.0 Å². The van der Waals surface area contributed by atoms with E-state index < -0.39 is 11.3 Å². The summed E-state index contributed by atoms with van der Waals surface area (Å²) < 4.78 is 35.6. The van der Waals surface area contributed by atoms with Crippen molar-refractivity contribution in [2.45, 2.75) is 39.0 Å². The zero-order valence-corrected chi connectivity index (χ0v) is 19.7. The fourth-order valence-corrected chi connectivity index (χ4v) is 7.01. The van der Waals surface area contributed by atoms with Gasteiger partial charge in [0.15, 0.2) is 0 Å². The first kappa shape index (κ1) is 21.5. The van der Waals surface area contributed by atoms with E-state index in [0.29, 0.717) is 29.0 Å². The zero-order valence-electron chi connectivity index (χ0n) is 18.9. The highest BCUT2D eigenvalue weighted by molar-refractivity contribution is 7.81. The topological polar surface area (TPSA) is 59.0 Å². The second kappa shape index (κ2) is 8.56. The Morgan fingerprint density at radius 2 is 1.56 bits per heavy atom. The van der Waals surface area contributed by atoms with Crippen molar-refractivity contribution < 1.29 is 18.2 Å². The molecule has 4 aliphatic rings. The predicted octanol–water partition coefficient (Wildman–Crippen LogP) is 6.09. The van der Waals surface area contributed by atoms with Crippen molar-refractivity contribution in [3.05, 3.63) is 59.2 Å². The van der Waals surface area contributed by atoms with Crippen LogP contribution >= 0.6 is 0 Å². The van der Waals surface area contributed by atoms with Gasteiger partial charge in [0.2, 0.25) is 0 Å². The minimum atomic E-state index is -2.23. The lowest BCUT2D eigenvalue weighted by molar-refractivity contribution is 0.0675. The van der Waals surface area contributed by atoms with Crippen LogP contribution < -0.4 is 9.04 Å². The molecule has 4 aliphatic carbocycles. The second-order valence-electron chi connectivity index (χ2n) is 9.57. The fourth-order valence-electron chi connectivity index (χ4n) is 6.42. The van der Waals surface area contributed by atoms with E-state index in [1.807, 2.05) is 43.3 Å². The zero-order chi connectivity index (χ0) is 22.4. The van der Waals surface area contributed by atoms with Gasteiger partial charge in [-0.25, -0.2) is 8.51 Å². The van der Waals surface area contributed by atoms with Crippen LogP contribution in [0.25, 0.3) is 5.76 Å². The molecule has 6 heteroatoms. The second-order valence-corrected chi connectivity index (χ2v) is 10.4. The van der Waals surface area contributed by atoms with Crippen molar-refractivity contribution in [3.8, 4) is 5.75 Å². The van der Waals surface area contributed by atoms with E-state index in [1.54, 1.807) is 20.3 Å². The first-order valence-corrected chi connectivity index (χ1v) is 12.5. The van der Waals surface area contributed by atoms with Crippen LogP contribution in [0.4, 0.5) is 11.4 Å². The molecule has 1 atom stereocenters. The highest BCUT2D eigenvalue weighted by Crippen LogP contribution is 2.58. The molecular formula is C26H31NO4S. The number of hydrogen-bond donors (Lipinski definition) is 1. The number of allylic oxidation sites excluding steroid dienone is 1. The standard InChI is InChI=1S/C26H31NO4S/c1-16-4-6-22(7-5-16)27(32(28)29)23-13-21(14-24(15-23)30-2)26(31-3)25-19-9-17-8-18(11-19)12-20(25)10-17/h4-7,13-15,17-20H,8-12H2,1-3H3,(H,28,29). The number of anilines is 2. The third-order valence-corrected chi connectivity index (χ3v) is 8.27. The number of nitrogens with zero attached hydrogens (tertiary/aromatic N) is 1. The maximum absolute atomic E-state index is 12.4. The van der Waals surface area contributed by atoms with Gasteiger partial charge in [-0.1, -0.05) is 17.7 Å². The van der Waals surface area contributed by atoms with Gasteiger partial charge in [0.05, 0.1) is 25.6 Å². The molecule has 5 nitrogen and oxygen atoms in total. The highest BCUT2D eigenvalue weighted by atomic mass is 32.2. The van der Waals surface area contributed by atoms with E-state index >= 15 is 0 Å². The molecule has 4 bridgehead atoms. The first-order valence-electron chi connectivity index (χ1n) is 11.4. The molecule has 2 aromatic rings. The van der Waals surface area contributed by atoms with Gasteiger partial charge in [0, 0.05) is 11.6 Å². The molecule has 2 aromatic carbocycles. The molecular weight excluding hydrogens is 422 g/mol. The van der Waals surface area contributed by atoms with Gasteiger partial charge in [-0.15, -0.1) is 0 Å². The summed E-state index contributed by atoms with van der Waals surface area (Å²) in [5.74, 6) is 4.49. The third-order valence-electron chi connectivity index (χ3n) is 7.53. The summed E-state index contributed by atoms with van der Waals surface area (Å²) in [4.78, 5) is 0. The molecule has 0 aromatic heterocycles. The normalized spacial score (nSPS) is 26.7. The Kier molecular flexibility index (Phi) is 5.76. The van der Waals surface area contributed by atoms with E-state index in [0.717, 1.165) is 28.7 Å². The summed E-state index contributed by atoms with van der Waals surface area (Å²) in [6, 6.07) is 13.3. The summed E-state index contributed by atoms with van der Waals surface area (Å²) in [5.41, 5.74) is 4.70. The van der Waals surface area contributed by atoms with Gasteiger partial charge < -0.3 is 9.47 Å². The Bertz CT molecular complexity index is 1030. The summed E-state index contributed by atoms with van der Waals surface area (Å²) in [7, 11) is 3.37. The van der Waals surface area contributed by atoms with Gasteiger partial charge in [0.1, 0.15) is 11.5 Å². The quantitative estimate of drug-likeness (QED) is 0.425. The van der Waals surface area contributed by atoms with Crippen molar-refractivity contribution in [2.75, 3.05) is 18.5 Å². The predicted molar refractivity (Wildman–Crippen MR) is 128 cm³/mol. The van der Waals surface area contributed by atoms with E-state index in [9.17, 15) is 8.76 Å². The molecule has 0 saturated heterocycles. The molecule has 1 unspecified atom stereocenters. The van der Waals surface area contributed by atoms with Gasteiger partial charge in [0.25, 0.3) is 11.3 Å². The molecule has 0 amide bonds. The number of aryl methyl sites for hydroxylation is 1. The van der Waals surface area contributed by atoms with Crippen molar-refractivity contribution in [1.29, 1.82) is 0 Å². The molecule has 0 spiro atoms. The summed E-state index contributed by atoms with van der Waals surface area (Å²) >= 11 is -2.23. The highest BCUT2D eigenvalue weighted by Gasteiger charge is 2.46. The Morgan fingerprint density at radius 1 is 0.938 bits per heavy atom. The van der Waals surface area contributed by atoms with Crippen molar-refractivity contribution >= 4 is 28.4 Å². The van der Waals surface area contributed by atoms with Crippen LogP contribution in [0.5, 0.6) is 5.75 Å². The van der Waals surface area contributed by atoms with E-state index in [1.165, 1.54) is 42.0 Å². The Labute approximate surface area is 192 Å². The minimum absolute atomic E-state index is 0.594. The van der Waals surface area contributed by atoms with Crippen molar-refractivity contribution in [2.24, 2.45) is 23.7 Å². The van der Waals surface area contributed by atoms with Crippen molar-refractivity contribution in [1.82, 2.24) is 0 Å². The molecule has 4 fully saturated rings. The lowest BCUT2D eigenvalue weighted by Crippen LogP contribution is -2.40. The molecule has 6 rings (SSSR count). The number of hydrogen-bond acceptors (Lipinski definition) is 3. The largest absolute Gasteiger partial charge is 0.497 e.